The maximum absolute atomic E-state index is 13.0. The van der Waals surface area contributed by atoms with Gasteiger partial charge >= 0.3 is 0 Å². The van der Waals surface area contributed by atoms with E-state index in [0.29, 0.717) is 28.0 Å². The topological polar surface area (TPSA) is 77.4 Å². The van der Waals surface area contributed by atoms with Crippen LogP contribution < -0.4 is 20.4 Å². The summed E-state index contributed by atoms with van der Waals surface area (Å²) in [5, 5.41) is 6.85. The highest BCUT2D eigenvalue weighted by Gasteiger charge is 2.20. The van der Waals surface area contributed by atoms with Crippen molar-refractivity contribution in [2.24, 2.45) is 0 Å². The molecule has 0 spiro atoms. The summed E-state index contributed by atoms with van der Waals surface area (Å²) in [5.74, 6) is 0.609. The van der Waals surface area contributed by atoms with Gasteiger partial charge in [-0.2, -0.15) is 0 Å². The third-order valence-corrected chi connectivity index (χ3v) is 5.23. The summed E-state index contributed by atoms with van der Waals surface area (Å²) in [5.41, 5.74) is 3.09. The average Bonchev–Trinajstić information content (AvgIpc) is 3.21. The Labute approximate surface area is 178 Å². The van der Waals surface area contributed by atoms with Gasteiger partial charge in [-0.25, -0.2) is 9.97 Å². The molecule has 3 N–H and O–H groups in total. The SMILES string of the molecule is CCOc1ccc(Nc2nc(-c3ccccc3)c(C(=O)Nc3ccc[nH+]c3)s2)cc1. The highest BCUT2D eigenvalue weighted by Crippen LogP contribution is 2.33. The number of hydrogen-bond donors (Lipinski definition) is 2. The number of pyridine rings is 1. The van der Waals surface area contributed by atoms with Gasteiger partial charge in [0.2, 0.25) is 0 Å². The number of nitrogens with one attached hydrogen (secondary N) is 3. The van der Waals surface area contributed by atoms with Gasteiger partial charge in [0.1, 0.15) is 16.3 Å². The second-order valence-corrected chi connectivity index (χ2v) is 7.39. The number of carbonyl (C=O) groups is 1. The number of hydrogen-bond acceptors (Lipinski definition) is 5. The monoisotopic (exact) mass is 417 g/mol. The Morgan fingerprint density at radius 1 is 1.03 bits per heavy atom. The van der Waals surface area contributed by atoms with Crippen LogP contribution in [-0.2, 0) is 0 Å². The van der Waals surface area contributed by atoms with Crippen LogP contribution in [0.4, 0.5) is 16.5 Å². The van der Waals surface area contributed by atoms with Gasteiger partial charge in [-0.1, -0.05) is 41.7 Å². The summed E-state index contributed by atoms with van der Waals surface area (Å²) in [6, 6.07) is 21.0. The van der Waals surface area contributed by atoms with Crippen molar-refractivity contribution >= 4 is 33.8 Å². The zero-order valence-electron chi connectivity index (χ0n) is 16.4. The summed E-state index contributed by atoms with van der Waals surface area (Å²) in [6.45, 7) is 2.57. The first kappa shape index (κ1) is 19.6. The van der Waals surface area contributed by atoms with Crippen molar-refractivity contribution in [2.45, 2.75) is 6.92 Å². The molecule has 0 aliphatic rings. The molecule has 6 nitrogen and oxygen atoms in total. The molecule has 0 saturated carbocycles. The third-order valence-electron chi connectivity index (χ3n) is 4.26. The summed E-state index contributed by atoms with van der Waals surface area (Å²) in [7, 11) is 0. The van der Waals surface area contributed by atoms with Gasteiger partial charge in [0.05, 0.1) is 12.3 Å². The Hall–Kier alpha value is -3.71. The molecule has 2 aromatic carbocycles. The van der Waals surface area contributed by atoms with E-state index in [1.165, 1.54) is 11.3 Å². The molecule has 0 radical (unpaired) electrons. The molecule has 1 amide bonds. The standard InChI is InChI=1S/C23H20N4O2S/c1-2-29-19-12-10-17(11-13-19)26-23-27-20(16-7-4-3-5-8-16)21(30-23)22(28)25-18-9-6-14-24-15-18/h3-15H,2H2,1H3,(H,25,28)(H,26,27)/p+1. The van der Waals surface area contributed by atoms with Gasteiger partial charge < -0.3 is 15.4 Å². The third kappa shape index (κ3) is 4.64. The van der Waals surface area contributed by atoms with Crippen LogP contribution in [0.2, 0.25) is 0 Å². The van der Waals surface area contributed by atoms with Crippen LogP contribution in [0.3, 0.4) is 0 Å². The number of aromatic nitrogens is 2. The minimum atomic E-state index is -0.203. The molecule has 4 aromatic rings. The lowest BCUT2D eigenvalue weighted by molar-refractivity contribution is -0.377. The number of amides is 1. The molecule has 4 rings (SSSR count). The van der Waals surface area contributed by atoms with Crippen molar-refractivity contribution in [3.63, 3.8) is 0 Å². The first-order valence-electron chi connectivity index (χ1n) is 9.56. The molecule has 7 heteroatoms. The molecular formula is C23H21N4O2S+. The minimum absolute atomic E-state index is 0.203. The van der Waals surface area contributed by atoms with Crippen molar-refractivity contribution in [2.75, 3.05) is 17.2 Å². The Morgan fingerprint density at radius 2 is 1.83 bits per heavy atom. The van der Waals surface area contributed by atoms with E-state index in [0.717, 1.165) is 17.0 Å². The number of H-pyrrole nitrogens is 1. The van der Waals surface area contributed by atoms with E-state index >= 15 is 0 Å². The number of thiazole rings is 1. The smallest absolute Gasteiger partial charge is 0.268 e. The highest BCUT2D eigenvalue weighted by atomic mass is 32.1. The van der Waals surface area contributed by atoms with Gasteiger partial charge in [-0.05, 0) is 37.3 Å². The van der Waals surface area contributed by atoms with Crippen LogP contribution in [0.5, 0.6) is 5.75 Å². The largest absolute Gasteiger partial charge is 0.494 e. The number of ether oxygens (including phenoxy) is 1. The fourth-order valence-corrected chi connectivity index (χ4v) is 3.81. The van der Waals surface area contributed by atoms with Crippen LogP contribution in [0.25, 0.3) is 11.3 Å². The van der Waals surface area contributed by atoms with Gasteiger partial charge in [0, 0.05) is 17.3 Å². The first-order valence-corrected chi connectivity index (χ1v) is 10.4. The quantitative estimate of drug-likeness (QED) is 0.443. The zero-order chi connectivity index (χ0) is 20.8. The summed E-state index contributed by atoms with van der Waals surface area (Å²) in [6.07, 6.45) is 3.52. The Kier molecular flexibility index (Phi) is 6.01. The lowest BCUT2D eigenvalue weighted by Crippen LogP contribution is -2.13. The lowest BCUT2D eigenvalue weighted by atomic mass is 10.1. The van der Waals surface area contributed by atoms with E-state index in [9.17, 15) is 4.79 Å². The minimum Gasteiger partial charge on any atom is -0.494 e. The number of aromatic amines is 1. The Bertz CT molecular complexity index is 1110. The van der Waals surface area contributed by atoms with Crippen molar-refractivity contribution in [3.05, 3.63) is 84.0 Å². The van der Waals surface area contributed by atoms with Gasteiger partial charge in [-0.3, -0.25) is 4.79 Å². The van der Waals surface area contributed by atoms with E-state index in [-0.39, 0.29) is 5.91 Å². The molecule has 2 heterocycles. The fraction of sp³-hybridized carbons (Fsp3) is 0.0870. The Balaban J connectivity index is 1.63. The predicted octanol–water partition coefficient (Wildman–Crippen LogP) is 5.02. The summed E-state index contributed by atoms with van der Waals surface area (Å²) >= 11 is 1.32. The number of carbonyl (C=O) groups excluding carboxylic acids is 1. The van der Waals surface area contributed by atoms with Crippen molar-refractivity contribution in [1.82, 2.24) is 4.98 Å². The van der Waals surface area contributed by atoms with Gasteiger partial charge in [0.25, 0.3) is 5.91 Å². The number of nitrogens with zero attached hydrogens (tertiary/aromatic N) is 1. The maximum atomic E-state index is 13.0. The number of rotatable bonds is 7. The molecular weight excluding hydrogens is 396 g/mol. The van der Waals surface area contributed by atoms with E-state index < -0.39 is 0 Å². The van der Waals surface area contributed by atoms with Crippen LogP contribution in [-0.4, -0.2) is 17.5 Å². The molecule has 0 aliphatic heterocycles. The molecule has 150 valence electrons. The maximum Gasteiger partial charge on any atom is 0.268 e. The van der Waals surface area contributed by atoms with Crippen molar-refractivity contribution in [1.29, 1.82) is 0 Å². The summed E-state index contributed by atoms with van der Waals surface area (Å²) < 4.78 is 5.48. The van der Waals surface area contributed by atoms with E-state index in [1.807, 2.05) is 73.7 Å². The number of anilines is 3. The molecule has 0 unspecified atom stereocenters. The van der Waals surface area contributed by atoms with Crippen LogP contribution in [0.1, 0.15) is 16.6 Å². The zero-order valence-corrected chi connectivity index (χ0v) is 17.2. The van der Waals surface area contributed by atoms with E-state index in [4.69, 9.17) is 9.72 Å². The van der Waals surface area contributed by atoms with Gasteiger partial charge in [-0.15, -0.1) is 0 Å². The second-order valence-electron chi connectivity index (χ2n) is 6.39. The van der Waals surface area contributed by atoms with Crippen molar-refractivity contribution < 1.29 is 14.5 Å². The Morgan fingerprint density at radius 3 is 2.53 bits per heavy atom. The van der Waals surface area contributed by atoms with E-state index in [2.05, 4.69) is 15.6 Å². The molecule has 2 aromatic heterocycles. The second kappa shape index (κ2) is 9.19. The molecule has 30 heavy (non-hydrogen) atoms. The molecule has 0 atom stereocenters. The average molecular weight is 418 g/mol. The van der Waals surface area contributed by atoms with Crippen LogP contribution in [0, 0.1) is 0 Å². The fourth-order valence-electron chi connectivity index (χ4n) is 2.90. The molecule has 0 saturated heterocycles. The number of benzene rings is 2. The van der Waals surface area contributed by atoms with Gasteiger partial charge in [0.15, 0.2) is 17.5 Å². The molecule has 0 bridgehead atoms. The van der Waals surface area contributed by atoms with Crippen LogP contribution >= 0.6 is 11.3 Å². The normalized spacial score (nSPS) is 10.4. The predicted molar refractivity (Wildman–Crippen MR) is 119 cm³/mol. The lowest BCUT2D eigenvalue weighted by Gasteiger charge is -2.05. The highest BCUT2D eigenvalue weighted by molar-refractivity contribution is 7.18. The summed E-state index contributed by atoms with van der Waals surface area (Å²) in [4.78, 5) is 21.2. The first-order chi connectivity index (χ1) is 14.7. The van der Waals surface area contributed by atoms with E-state index in [1.54, 1.807) is 12.4 Å². The van der Waals surface area contributed by atoms with Crippen LogP contribution in [0.15, 0.2) is 79.1 Å². The van der Waals surface area contributed by atoms with Crippen molar-refractivity contribution in [3.8, 4) is 17.0 Å². The molecule has 0 fully saturated rings. The molecule has 0 aliphatic carbocycles.